The Hall–Kier alpha value is -1.14. The Balaban J connectivity index is 2.20. The predicted octanol–water partition coefficient (Wildman–Crippen LogP) is 1.24. The minimum atomic E-state index is -0.102. The third kappa shape index (κ3) is 3.06. The van der Waals surface area contributed by atoms with Crippen LogP contribution in [-0.4, -0.2) is 36.5 Å². The predicted molar refractivity (Wildman–Crippen MR) is 80.6 cm³/mol. The van der Waals surface area contributed by atoms with Gasteiger partial charge >= 0.3 is 0 Å². The van der Waals surface area contributed by atoms with Crippen LogP contribution >= 0.6 is 15.9 Å². The molecule has 1 aliphatic rings. The smallest absolute Gasteiger partial charge is 0.283 e. The van der Waals surface area contributed by atoms with Crippen LogP contribution in [0.1, 0.15) is 6.42 Å². The van der Waals surface area contributed by atoms with Crippen molar-refractivity contribution in [3.8, 4) is 0 Å². The fourth-order valence-corrected chi connectivity index (χ4v) is 2.99. The van der Waals surface area contributed by atoms with Crippen LogP contribution in [0.4, 0.5) is 5.69 Å². The Bertz CT molecular complexity index is 514. The molecule has 0 aromatic carbocycles. The number of allylic oxidation sites excluding steroid dienone is 1. The van der Waals surface area contributed by atoms with Gasteiger partial charge in [0.15, 0.2) is 0 Å². The van der Waals surface area contributed by atoms with Crippen LogP contribution in [0, 0.1) is 5.92 Å². The average molecular weight is 327 g/mol. The fraction of sp³-hybridized carbons (Fsp3) is 0.538. The summed E-state index contributed by atoms with van der Waals surface area (Å²) in [5.74, 6) is 0.632. The van der Waals surface area contributed by atoms with Crippen LogP contribution in [0.15, 0.2) is 28.1 Å². The van der Waals surface area contributed by atoms with Gasteiger partial charge in [0.1, 0.15) is 4.47 Å². The summed E-state index contributed by atoms with van der Waals surface area (Å²) in [7, 11) is 1.97. The zero-order valence-corrected chi connectivity index (χ0v) is 12.7. The molecule has 0 saturated carbocycles. The van der Waals surface area contributed by atoms with E-state index in [2.05, 4.69) is 37.8 Å². The van der Waals surface area contributed by atoms with E-state index in [4.69, 9.17) is 0 Å². The van der Waals surface area contributed by atoms with Crippen LogP contribution < -0.4 is 15.8 Å². The number of hydrogen-bond acceptors (Lipinski definition) is 4. The van der Waals surface area contributed by atoms with Crippen LogP contribution in [-0.2, 0) is 6.54 Å². The van der Waals surface area contributed by atoms with E-state index in [1.807, 2.05) is 7.05 Å². The van der Waals surface area contributed by atoms with Gasteiger partial charge in [-0.15, -0.1) is 6.58 Å². The highest BCUT2D eigenvalue weighted by atomic mass is 79.9. The molecule has 2 heterocycles. The summed E-state index contributed by atoms with van der Waals surface area (Å²) in [5, 5.41) is 7.39. The van der Waals surface area contributed by atoms with Crippen LogP contribution in [0.3, 0.4) is 0 Å². The van der Waals surface area contributed by atoms with E-state index in [9.17, 15) is 4.79 Å². The van der Waals surface area contributed by atoms with Crippen LogP contribution in [0.25, 0.3) is 0 Å². The summed E-state index contributed by atoms with van der Waals surface area (Å²) in [6, 6.07) is 0. The Labute approximate surface area is 121 Å². The van der Waals surface area contributed by atoms with Gasteiger partial charge in [-0.2, -0.15) is 5.10 Å². The first-order chi connectivity index (χ1) is 9.17. The van der Waals surface area contributed by atoms with Gasteiger partial charge in [0.2, 0.25) is 0 Å². The number of nitrogens with zero attached hydrogens (tertiary/aromatic N) is 3. The van der Waals surface area contributed by atoms with E-state index >= 15 is 0 Å². The Morgan fingerprint density at radius 1 is 1.68 bits per heavy atom. The second kappa shape index (κ2) is 6.34. The van der Waals surface area contributed by atoms with Crippen LogP contribution in [0.5, 0.6) is 0 Å². The lowest BCUT2D eigenvalue weighted by Crippen LogP contribution is -2.29. The monoisotopic (exact) mass is 326 g/mol. The van der Waals surface area contributed by atoms with Gasteiger partial charge < -0.3 is 10.2 Å². The normalized spacial score (nSPS) is 18.8. The number of hydrogen-bond donors (Lipinski definition) is 1. The van der Waals surface area contributed by atoms with Gasteiger partial charge in [-0.1, -0.05) is 6.08 Å². The minimum Gasteiger partial charge on any atom is -0.369 e. The summed E-state index contributed by atoms with van der Waals surface area (Å²) >= 11 is 3.41. The van der Waals surface area contributed by atoms with Crippen molar-refractivity contribution < 1.29 is 0 Å². The van der Waals surface area contributed by atoms with Crippen LogP contribution in [0.2, 0.25) is 0 Å². The van der Waals surface area contributed by atoms with Gasteiger partial charge in [0.05, 0.1) is 18.4 Å². The molecular weight excluding hydrogens is 308 g/mol. The fourth-order valence-electron chi connectivity index (χ4n) is 2.44. The number of halogens is 1. The first kappa shape index (κ1) is 14.3. The second-order valence-corrected chi connectivity index (χ2v) is 5.57. The molecule has 0 amide bonds. The maximum absolute atomic E-state index is 12.1. The molecule has 5 nitrogen and oxygen atoms in total. The molecular formula is C13H19BrN4O. The van der Waals surface area contributed by atoms with Crippen molar-refractivity contribution in [3.63, 3.8) is 0 Å². The van der Waals surface area contributed by atoms with E-state index in [1.54, 1.807) is 12.3 Å². The van der Waals surface area contributed by atoms with Gasteiger partial charge in [-0.05, 0) is 41.9 Å². The zero-order valence-electron chi connectivity index (χ0n) is 11.1. The van der Waals surface area contributed by atoms with Gasteiger partial charge in [0, 0.05) is 13.1 Å². The van der Waals surface area contributed by atoms with Crippen molar-refractivity contribution in [1.29, 1.82) is 0 Å². The number of anilines is 1. The summed E-state index contributed by atoms with van der Waals surface area (Å²) in [4.78, 5) is 14.3. The van der Waals surface area contributed by atoms with Crippen molar-refractivity contribution in [2.45, 2.75) is 13.0 Å². The molecule has 19 heavy (non-hydrogen) atoms. The highest BCUT2D eigenvalue weighted by molar-refractivity contribution is 9.10. The molecule has 0 aliphatic carbocycles. The lowest BCUT2D eigenvalue weighted by molar-refractivity contribution is 0.549. The molecule has 1 aromatic heterocycles. The molecule has 1 aromatic rings. The quantitative estimate of drug-likeness (QED) is 0.827. The zero-order chi connectivity index (χ0) is 13.8. The highest BCUT2D eigenvalue weighted by Crippen LogP contribution is 2.27. The van der Waals surface area contributed by atoms with Gasteiger partial charge in [-0.3, -0.25) is 4.79 Å². The van der Waals surface area contributed by atoms with Crippen molar-refractivity contribution >= 4 is 21.6 Å². The number of aromatic nitrogens is 2. The first-order valence-electron chi connectivity index (χ1n) is 6.43. The van der Waals surface area contributed by atoms with E-state index in [1.165, 1.54) is 4.68 Å². The molecule has 0 radical (unpaired) electrons. The van der Waals surface area contributed by atoms with Crippen molar-refractivity contribution in [2.75, 3.05) is 31.6 Å². The molecule has 1 unspecified atom stereocenters. The minimum absolute atomic E-state index is 0.102. The van der Waals surface area contributed by atoms with E-state index in [0.717, 1.165) is 31.7 Å². The summed E-state index contributed by atoms with van der Waals surface area (Å²) in [5.41, 5.74) is 0.790. The maximum Gasteiger partial charge on any atom is 0.283 e. The van der Waals surface area contributed by atoms with E-state index in [-0.39, 0.29) is 5.56 Å². The topological polar surface area (TPSA) is 50.2 Å². The molecule has 1 fully saturated rings. The summed E-state index contributed by atoms with van der Waals surface area (Å²) in [6.07, 6.45) is 4.57. The first-order valence-corrected chi connectivity index (χ1v) is 7.22. The second-order valence-electron chi connectivity index (χ2n) is 4.78. The molecule has 2 rings (SSSR count). The van der Waals surface area contributed by atoms with Crippen molar-refractivity contribution in [2.24, 2.45) is 5.92 Å². The number of rotatable bonds is 5. The van der Waals surface area contributed by atoms with E-state index in [0.29, 0.717) is 16.9 Å². The molecule has 1 saturated heterocycles. The molecule has 0 bridgehead atoms. The lowest BCUT2D eigenvalue weighted by atomic mass is 10.1. The largest absolute Gasteiger partial charge is 0.369 e. The Morgan fingerprint density at radius 3 is 3.16 bits per heavy atom. The molecule has 104 valence electrons. The maximum atomic E-state index is 12.1. The van der Waals surface area contributed by atoms with E-state index < -0.39 is 0 Å². The van der Waals surface area contributed by atoms with Gasteiger partial charge in [0.25, 0.3) is 5.56 Å². The molecule has 6 heteroatoms. The Morgan fingerprint density at radius 2 is 2.47 bits per heavy atom. The van der Waals surface area contributed by atoms with Crippen molar-refractivity contribution in [3.05, 3.63) is 33.7 Å². The molecule has 1 N–H and O–H groups in total. The third-order valence-electron chi connectivity index (χ3n) is 3.39. The summed E-state index contributed by atoms with van der Waals surface area (Å²) < 4.78 is 2.00. The van der Waals surface area contributed by atoms with Crippen molar-refractivity contribution in [1.82, 2.24) is 15.1 Å². The average Bonchev–Trinajstić information content (AvgIpc) is 2.84. The molecule has 1 atom stereocenters. The standard InChI is InChI=1S/C13H19BrN4O/c1-3-5-18-13(19)12(14)11(8-16-18)17-6-4-10(9-17)7-15-2/h3,8,10,15H,1,4-7,9H2,2H3. The lowest BCUT2D eigenvalue weighted by Gasteiger charge is -2.20. The molecule has 0 spiro atoms. The highest BCUT2D eigenvalue weighted by Gasteiger charge is 2.24. The Kier molecular flexibility index (Phi) is 4.76. The SMILES string of the molecule is C=CCn1ncc(N2CCC(CNC)C2)c(Br)c1=O. The van der Waals surface area contributed by atoms with Gasteiger partial charge in [-0.25, -0.2) is 4.68 Å². The summed E-state index contributed by atoms with van der Waals surface area (Å²) in [6.45, 7) is 7.00. The number of nitrogens with one attached hydrogen (secondary N) is 1. The molecule has 1 aliphatic heterocycles. The third-order valence-corrected chi connectivity index (χ3v) is 4.13.